The number of anilines is 1. The second-order valence-corrected chi connectivity index (χ2v) is 4.92. The lowest BCUT2D eigenvalue weighted by atomic mass is 10.2. The van der Waals surface area contributed by atoms with Crippen molar-refractivity contribution in [2.45, 2.75) is 6.42 Å². The average molecular weight is 312 g/mol. The van der Waals surface area contributed by atoms with Gasteiger partial charge in [0.1, 0.15) is 0 Å². The molecule has 0 aromatic heterocycles. The van der Waals surface area contributed by atoms with E-state index in [9.17, 15) is 14.4 Å². The number of carbonyl (C=O) groups excluding carboxylic acids is 2. The van der Waals surface area contributed by atoms with Gasteiger partial charge >= 0.3 is 12.0 Å². The number of benzene rings is 1. The van der Waals surface area contributed by atoms with Gasteiger partial charge in [0, 0.05) is 26.1 Å². The maximum absolute atomic E-state index is 12.1. The molecule has 1 aliphatic heterocycles. The minimum Gasteiger partial charge on any atom is -0.478 e. The fourth-order valence-electron chi connectivity index (χ4n) is 1.91. The minimum absolute atomic E-state index is 0.0440. The van der Waals surface area contributed by atoms with Crippen molar-refractivity contribution in [3.05, 3.63) is 28.8 Å². The van der Waals surface area contributed by atoms with Crippen molar-refractivity contribution < 1.29 is 19.5 Å². The quantitative estimate of drug-likeness (QED) is 0.768. The Labute approximate surface area is 125 Å². The Morgan fingerprint density at radius 1 is 1.33 bits per heavy atom. The summed E-state index contributed by atoms with van der Waals surface area (Å²) in [7, 11) is 0. The van der Waals surface area contributed by atoms with Crippen LogP contribution in [0.5, 0.6) is 0 Å². The van der Waals surface area contributed by atoms with Crippen LogP contribution in [0.15, 0.2) is 18.2 Å². The van der Waals surface area contributed by atoms with Gasteiger partial charge in [-0.3, -0.25) is 4.79 Å². The number of carboxylic acid groups (broad SMARTS) is 1. The zero-order valence-electron chi connectivity index (χ0n) is 11.1. The van der Waals surface area contributed by atoms with Crippen molar-refractivity contribution >= 4 is 35.2 Å². The molecule has 21 heavy (non-hydrogen) atoms. The van der Waals surface area contributed by atoms with Crippen LogP contribution in [0.1, 0.15) is 16.8 Å². The lowest BCUT2D eigenvalue weighted by Gasteiger charge is -2.20. The number of carboxylic acids is 1. The second kappa shape index (κ2) is 6.45. The van der Waals surface area contributed by atoms with Crippen LogP contribution in [0.4, 0.5) is 10.5 Å². The van der Waals surface area contributed by atoms with Gasteiger partial charge in [0.05, 0.1) is 16.3 Å². The van der Waals surface area contributed by atoms with E-state index < -0.39 is 5.97 Å². The number of nitrogens with one attached hydrogen (secondary N) is 2. The molecule has 112 valence electrons. The van der Waals surface area contributed by atoms with Crippen LogP contribution in [0.2, 0.25) is 5.02 Å². The SMILES string of the molecule is O=C1CCN(C(=O)Nc2ccc(C(=O)O)cc2Cl)CCN1. The number of rotatable bonds is 2. The van der Waals surface area contributed by atoms with Crippen LogP contribution in [-0.4, -0.2) is 47.5 Å². The number of carbonyl (C=O) groups is 3. The monoisotopic (exact) mass is 311 g/mol. The molecule has 0 unspecified atom stereocenters. The Morgan fingerprint density at radius 3 is 2.76 bits per heavy atom. The van der Waals surface area contributed by atoms with Gasteiger partial charge < -0.3 is 20.6 Å². The summed E-state index contributed by atoms with van der Waals surface area (Å²) < 4.78 is 0. The molecule has 1 aliphatic rings. The highest BCUT2D eigenvalue weighted by atomic mass is 35.5. The highest BCUT2D eigenvalue weighted by Gasteiger charge is 2.19. The summed E-state index contributed by atoms with van der Waals surface area (Å²) in [5.74, 6) is -1.18. The van der Waals surface area contributed by atoms with Gasteiger partial charge in [-0.25, -0.2) is 9.59 Å². The van der Waals surface area contributed by atoms with E-state index in [2.05, 4.69) is 10.6 Å². The number of halogens is 1. The van der Waals surface area contributed by atoms with E-state index in [1.807, 2.05) is 0 Å². The van der Waals surface area contributed by atoms with Crippen molar-refractivity contribution in [3.8, 4) is 0 Å². The predicted octanol–water partition coefficient (Wildman–Crippen LogP) is 1.39. The molecule has 1 fully saturated rings. The highest BCUT2D eigenvalue weighted by Crippen LogP contribution is 2.23. The van der Waals surface area contributed by atoms with Crippen LogP contribution in [0.3, 0.4) is 0 Å². The number of aromatic carboxylic acids is 1. The standard InChI is InChI=1S/C13H14ClN3O4/c14-9-7-8(12(19)20)1-2-10(9)16-13(21)17-5-3-11(18)15-4-6-17/h1-2,7H,3-6H2,(H,15,18)(H,16,21)(H,19,20). The number of urea groups is 1. The molecule has 8 heteroatoms. The molecule has 0 bridgehead atoms. The van der Waals surface area contributed by atoms with Crippen LogP contribution in [0, 0.1) is 0 Å². The Morgan fingerprint density at radius 2 is 2.10 bits per heavy atom. The number of hydrogen-bond donors (Lipinski definition) is 3. The third-order valence-electron chi connectivity index (χ3n) is 3.06. The molecule has 1 aromatic rings. The lowest BCUT2D eigenvalue weighted by molar-refractivity contribution is -0.120. The zero-order chi connectivity index (χ0) is 15.4. The van der Waals surface area contributed by atoms with E-state index in [1.54, 1.807) is 0 Å². The first kappa shape index (κ1) is 15.1. The second-order valence-electron chi connectivity index (χ2n) is 4.52. The van der Waals surface area contributed by atoms with Gasteiger partial charge in [-0.1, -0.05) is 11.6 Å². The molecule has 0 aliphatic carbocycles. The van der Waals surface area contributed by atoms with Gasteiger partial charge in [0.25, 0.3) is 0 Å². The van der Waals surface area contributed by atoms with Gasteiger partial charge in [-0.2, -0.15) is 0 Å². The Kier molecular flexibility index (Phi) is 4.64. The van der Waals surface area contributed by atoms with Crippen molar-refractivity contribution in [1.82, 2.24) is 10.2 Å². The molecule has 0 spiro atoms. The van der Waals surface area contributed by atoms with Crippen molar-refractivity contribution in [2.75, 3.05) is 25.0 Å². The fourth-order valence-corrected chi connectivity index (χ4v) is 2.14. The third-order valence-corrected chi connectivity index (χ3v) is 3.37. The van der Waals surface area contributed by atoms with Gasteiger partial charge in [-0.15, -0.1) is 0 Å². The molecule has 2 rings (SSSR count). The van der Waals surface area contributed by atoms with E-state index >= 15 is 0 Å². The van der Waals surface area contributed by atoms with E-state index in [0.717, 1.165) is 0 Å². The lowest BCUT2D eigenvalue weighted by Crippen LogP contribution is -2.37. The van der Waals surface area contributed by atoms with E-state index in [-0.39, 0.29) is 28.9 Å². The highest BCUT2D eigenvalue weighted by molar-refractivity contribution is 6.34. The summed E-state index contributed by atoms with van der Waals surface area (Å²) in [6.07, 6.45) is 0.249. The molecule has 0 saturated carbocycles. The maximum Gasteiger partial charge on any atom is 0.335 e. The Bertz CT molecular complexity index is 591. The molecule has 3 amide bonds. The smallest absolute Gasteiger partial charge is 0.335 e. The summed E-state index contributed by atoms with van der Waals surface area (Å²) in [5, 5.41) is 14.3. The fraction of sp³-hybridized carbons (Fsp3) is 0.308. The third kappa shape index (κ3) is 3.85. The topological polar surface area (TPSA) is 98.7 Å². The normalized spacial score (nSPS) is 15.1. The molecular weight excluding hydrogens is 298 g/mol. The van der Waals surface area contributed by atoms with Crippen LogP contribution < -0.4 is 10.6 Å². The van der Waals surface area contributed by atoms with Crippen LogP contribution >= 0.6 is 11.6 Å². The molecule has 3 N–H and O–H groups in total. The number of hydrogen-bond acceptors (Lipinski definition) is 3. The van der Waals surface area contributed by atoms with Gasteiger partial charge in [0.15, 0.2) is 0 Å². The first-order valence-corrected chi connectivity index (χ1v) is 6.70. The summed E-state index contributed by atoms with van der Waals surface area (Å²) in [4.78, 5) is 35.6. The molecule has 1 aromatic carbocycles. The average Bonchev–Trinajstić information content (AvgIpc) is 2.65. The molecule has 1 saturated heterocycles. The molecule has 0 radical (unpaired) electrons. The summed E-state index contributed by atoms with van der Waals surface area (Å²) in [6, 6.07) is 3.69. The summed E-state index contributed by atoms with van der Waals surface area (Å²) >= 11 is 5.95. The summed E-state index contributed by atoms with van der Waals surface area (Å²) in [5.41, 5.74) is 0.373. The number of nitrogens with zero attached hydrogens (tertiary/aromatic N) is 1. The van der Waals surface area contributed by atoms with Crippen molar-refractivity contribution in [2.24, 2.45) is 0 Å². The largest absolute Gasteiger partial charge is 0.478 e. The first-order chi connectivity index (χ1) is 9.97. The van der Waals surface area contributed by atoms with Crippen LogP contribution in [0.25, 0.3) is 0 Å². The van der Waals surface area contributed by atoms with E-state index in [1.165, 1.54) is 23.1 Å². The number of amides is 3. The minimum atomic E-state index is -1.09. The van der Waals surface area contributed by atoms with Gasteiger partial charge in [-0.05, 0) is 18.2 Å². The maximum atomic E-state index is 12.1. The molecule has 0 atom stereocenters. The zero-order valence-corrected chi connectivity index (χ0v) is 11.8. The first-order valence-electron chi connectivity index (χ1n) is 6.33. The van der Waals surface area contributed by atoms with E-state index in [0.29, 0.717) is 25.3 Å². The Balaban J connectivity index is 2.05. The predicted molar refractivity (Wildman–Crippen MR) is 76.6 cm³/mol. The molecule has 7 nitrogen and oxygen atoms in total. The summed E-state index contributed by atoms with van der Waals surface area (Å²) in [6.45, 7) is 1.13. The van der Waals surface area contributed by atoms with Crippen LogP contribution in [-0.2, 0) is 4.79 Å². The Hall–Kier alpha value is -2.28. The van der Waals surface area contributed by atoms with Crippen molar-refractivity contribution in [1.29, 1.82) is 0 Å². The van der Waals surface area contributed by atoms with Crippen molar-refractivity contribution in [3.63, 3.8) is 0 Å². The van der Waals surface area contributed by atoms with Gasteiger partial charge in [0.2, 0.25) is 5.91 Å². The van der Waals surface area contributed by atoms with E-state index in [4.69, 9.17) is 16.7 Å². The molecule has 1 heterocycles. The molecular formula is C13H14ClN3O4.